The van der Waals surface area contributed by atoms with Gasteiger partial charge in [-0.1, -0.05) is 11.6 Å². The van der Waals surface area contributed by atoms with E-state index in [-0.39, 0.29) is 28.9 Å². The van der Waals surface area contributed by atoms with E-state index >= 15 is 0 Å². The first-order valence-electron chi connectivity index (χ1n) is 7.84. The highest BCUT2D eigenvalue weighted by Gasteiger charge is 2.30. The number of aliphatic carboxylic acids is 1. The van der Waals surface area contributed by atoms with Gasteiger partial charge in [0.15, 0.2) is 23.9 Å². The molecule has 8 nitrogen and oxygen atoms in total. The van der Waals surface area contributed by atoms with Gasteiger partial charge in [-0.25, -0.2) is 9.59 Å². The average Bonchev–Trinajstić information content (AvgIpc) is 2.52. The molecule has 0 aliphatic carbocycles. The number of hydrogen-bond donors (Lipinski definition) is 3. The van der Waals surface area contributed by atoms with Crippen LogP contribution in [-0.4, -0.2) is 36.1 Å². The number of benzene rings is 1. The first kappa shape index (κ1) is 19.6. The summed E-state index contributed by atoms with van der Waals surface area (Å²) in [6.07, 6.45) is 0. The minimum Gasteiger partial charge on any atom is -0.490 e. The van der Waals surface area contributed by atoms with Crippen LogP contribution in [0, 0.1) is 0 Å². The molecule has 0 radical (unpaired) electrons. The molecule has 1 heterocycles. The molecule has 2 amide bonds. The number of halogens is 1. The third kappa shape index (κ3) is 4.26. The smallest absolute Gasteiger partial charge is 0.341 e. The van der Waals surface area contributed by atoms with E-state index < -0.39 is 24.6 Å². The first-order valence-corrected chi connectivity index (χ1v) is 8.22. The van der Waals surface area contributed by atoms with Gasteiger partial charge in [0.1, 0.15) is 0 Å². The molecule has 0 bridgehead atoms. The molecule has 1 aliphatic heterocycles. The van der Waals surface area contributed by atoms with Crippen LogP contribution in [-0.2, 0) is 9.59 Å². The van der Waals surface area contributed by atoms with Gasteiger partial charge in [-0.2, -0.15) is 0 Å². The summed E-state index contributed by atoms with van der Waals surface area (Å²) in [6.45, 7) is 4.49. The van der Waals surface area contributed by atoms with E-state index in [1.54, 1.807) is 19.9 Å². The molecule has 9 heteroatoms. The zero-order valence-electron chi connectivity index (χ0n) is 14.5. The third-order valence-electron chi connectivity index (χ3n) is 3.65. The summed E-state index contributed by atoms with van der Waals surface area (Å²) in [7, 11) is 0. The van der Waals surface area contributed by atoms with Crippen molar-refractivity contribution in [1.29, 1.82) is 0 Å². The maximum absolute atomic E-state index is 12.0. The molecule has 1 aliphatic rings. The molecule has 0 fully saturated rings. The van der Waals surface area contributed by atoms with E-state index in [0.717, 1.165) is 0 Å². The largest absolute Gasteiger partial charge is 0.490 e. The second-order valence-electron chi connectivity index (χ2n) is 5.57. The van der Waals surface area contributed by atoms with E-state index in [0.29, 0.717) is 16.8 Å². The minimum absolute atomic E-state index is 0.0880. The van der Waals surface area contributed by atoms with Crippen molar-refractivity contribution in [2.75, 3.05) is 13.2 Å². The fourth-order valence-electron chi connectivity index (χ4n) is 2.70. The maximum Gasteiger partial charge on any atom is 0.341 e. The van der Waals surface area contributed by atoms with Crippen LogP contribution in [0.4, 0.5) is 4.79 Å². The number of nitrogens with one attached hydrogen (secondary N) is 2. The van der Waals surface area contributed by atoms with Crippen molar-refractivity contribution < 1.29 is 29.0 Å². The molecule has 2 rings (SSSR count). The van der Waals surface area contributed by atoms with Gasteiger partial charge in [0.05, 0.1) is 17.7 Å². The van der Waals surface area contributed by atoms with Gasteiger partial charge >= 0.3 is 12.0 Å². The maximum atomic E-state index is 12.0. The number of carboxylic acids is 1. The van der Waals surface area contributed by atoms with Crippen LogP contribution in [0.5, 0.6) is 11.5 Å². The molecule has 0 aromatic heterocycles. The number of ether oxygens (including phenoxy) is 2. The summed E-state index contributed by atoms with van der Waals surface area (Å²) in [6, 6.07) is 1.91. The Bertz CT molecular complexity index is 790. The van der Waals surface area contributed by atoms with Crippen molar-refractivity contribution in [2.45, 2.75) is 26.8 Å². The number of carboxylic acid groups (broad SMARTS) is 1. The van der Waals surface area contributed by atoms with Gasteiger partial charge in [0, 0.05) is 11.3 Å². The van der Waals surface area contributed by atoms with Crippen molar-refractivity contribution in [2.24, 2.45) is 0 Å². The topological polar surface area (TPSA) is 114 Å². The summed E-state index contributed by atoms with van der Waals surface area (Å²) >= 11 is 6.25. The molecule has 140 valence electrons. The predicted octanol–water partition coefficient (Wildman–Crippen LogP) is 2.42. The number of urea groups is 1. The van der Waals surface area contributed by atoms with E-state index in [2.05, 4.69) is 10.6 Å². The lowest BCUT2D eigenvalue weighted by Gasteiger charge is -2.28. The van der Waals surface area contributed by atoms with Gasteiger partial charge in [-0.05, 0) is 38.5 Å². The summed E-state index contributed by atoms with van der Waals surface area (Å²) in [4.78, 5) is 34.6. The Balaban J connectivity index is 2.52. The Labute approximate surface area is 155 Å². The summed E-state index contributed by atoms with van der Waals surface area (Å²) < 4.78 is 10.7. The van der Waals surface area contributed by atoms with Crippen LogP contribution in [0.25, 0.3) is 0 Å². The van der Waals surface area contributed by atoms with Gasteiger partial charge in [-0.3, -0.25) is 4.79 Å². The molecule has 1 atom stereocenters. The molecule has 1 aromatic rings. The van der Waals surface area contributed by atoms with E-state index in [1.165, 1.54) is 13.0 Å². The Hall–Kier alpha value is -2.74. The van der Waals surface area contributed by atoms with Crippen LogP contribution in [0.2, 0.25) is 5.02 Å². The van der Waals surface area contributed by atoms with E-state index in [9.17, 15) is 14.4 Å². The second-order valence-corrected chi connectivity index (χ2v) is 5.98. The number of carbonyl (C=O) groups excluding carboxylic acids is 2. The quantitative estimate of drug-likeness (QED) is 0.667. The molecule has 1 aromatic carbocycles. The number of ketones is 1. The molecule has 26 heavy (non-hydrogen) atoms. The number of Topliss-reactive ketones (excluding diaryl/α,β-unsaturated/α-hetero) is 1. The first-order chi connectivity index (χ1) is 12.2. The molecule has 0 saturated heterocycles. The fraction of sp³-hybridized carbons (Fsp3) is 0.353. The number of allylic oxidation sites excluding steroid dienone is 1. The summed E-state index contributed by atoms with van der Waals surface area (Å²) in [5.41, 5.74) is 1.36. The predicted molar refractivity (Wildman–Crippen MR) is 93.5 cm³/mol. The standard InChI is InChI=1S/C17H19ClN2O6/c1-4-25-12-6-10(5-11(18)16(12)26-7-13(22)23)15-14(9(3)21)8(2)19-17(24)20-15/h5-6,15H,4,7H2,1-3H3,(H,22,23)(H2,19,20,24)/t15-/m1/s1. The van der Waals surface area contributed by atoms with Crippen LogP contribution in [0.1, 0.15) is 32.4 Å². The fourth-order valence-corrected chi connectivity index (χ4v) is 2.98. The highest BCUT2D eigenvalue weighted by Crippen LogP contribution is 2.40. The lowest BCUT2D eigenvalue weighted by atomic mass is 9.93. The molecule has 0 spiro atoms. The van der Waals surface area contributed by atoms with Crippen LogP contribution < -0.4 is 20.1 Å². The van der Waals surface area contributed by atoms with Gasteiger partial charge in [-0.15, -0.1) is 0 Å². The normalized spacial score (nSPS) is 16.6. The Morgan fingerprint density at radius 3 is 2.58 bits per heavy atom. The molecule has 3 N–H and O–H groups in total. The van der Waals surface area contributed by atoms with Crippen LogP contribution in [0.3, 0.4) is 0 Å². The summed E-state index contributed by atoms with van der Waals surface area (Å²) in [5.74, 6) is -1.05. The van der Waals surface area contributed by atoms with Crippen molar-refractivity contribution >= 4 is 29.4 Å². The number of hydrogen-bond acceptors (Lipinski definition) is 5. The van der Waals surface area contributed by atoms with E-state index in [4.69, 9.17) is 26.2 Å². The van der Waals surface area contributed by atoms with Crippen molar-refractivity contribution in [1.82, 2.24) is 10.6 Å². The van der Waals surface area contributed by atoms with Crippen molar-refractivity contribution in [3.8, 4) is 11.5 Å². The Kier molecular flexibility index (Phi) is 6.10. The van der Waals surface area contributed by atoms with Gasteiger partial charge in [0.25, 0.3) is 0 Å². The van der Waals surface area contributed by atoms with Crippen molar-refractivity contribution in [3.05, 3.63) is 34.0 Å². The summed E-state index contributed by atoms with van der Waals surface area (Å²) in [5, 5.41) is 14.2. The van der Waals surface area contributed by atoms with Crippen LogP contribution in [0.15, 0.2) is 23.4 Å². The lowest BCUT2D eigenvalue weighted by molar-refractivity contribution is -0.139. The van der Waals surface area contributed by atoms with Crippen LogP contribution >= 0.6 is 11.6 Å². The van der Waals surface area contributed by atoms with Crippen molar-refractivity contribution in [3.63, 3.8) is 0 Å². The zero-order valence-corrected chi connectivity index (χ0v) is 15.3. The third-order valence-corrected chi connectivity index (χ3v) is 3.93. The number of rotatable bonds is 7. The molecule has 0 saturated carbocycles. The minimum atomic E-state index is -1.16. The zero-order chi connectivity index (χ0) is 19.4. The number of amides is 2. The average molecular weight is 383 g/mol. The number of carbonyl (C=O) groups is 3. The Morgan fingerprint density at radius 1 is 1.31 bits per heavy atom. The van der Waals surface area contributed by atoms with E-state index in [1.807, 2.05) is 0 Å². The van der Waals surface area contributed by atoms with Gasteiger partial charge in [0.2, 0.25) is 0 Å². The monoisotopic (exact) mass is 382 g/mol. The molecular formula is C17H19ClN2O6. The highest BCUT2D eigenvalue weighted by atomic mass is 35.5. The Morgan fingerprint density at radius 2 is 2.00 bits per heavy atom. The highest BCUT2D eigenvalue weighted by molar-refractivity contribution is 6.32. The lowest BCUT2D eigenvalue weighted by Crippen LogP contribution is -2.44. The van der Waals surface area contributed by atoms with Gasteiger partial charge < -0.3 is 25.2 Å². The molecular weight excluding hydrogens is 364 g/mol. The SMILES string of the molecule is CCOc1cc([C@H]2NC(=O)NC(C)=C2C(C)=O)cc(Cl)c1OCC(=O)O. The molecule has 0 unspecified atom stereocenters. The second kappa shape index (κ2) is 8.09.